The monoisotopic (exact) mass is 289 g/mol. The van der Waals surface area contributed by atoms with E-state index in [1.54, 1.807) is 18.1 Å². The van der Waals surface area contributed by atoms with Crippen LogP contribution in [-0.2, 0) is 0 Å². The van der Waals surface area contributed by atoms with Gasteiger partial charge in [-0.25, -0.2) is 9.97 Å². The van der Waals surface area contributed by atoms with Crippen molar-refractivity contribution < 1.29 is 0 Å². The van der Waals surface area contributed by atoms with Crippen molar-refractivity contribution in [3.8, 4) is 0 Å². The lowest BCUT2D eigenvalue weighted by Crippen LogP contribution is -1.97. The molecule has 0 atom stereocenters. The Labute approximate surface area is 104 Å². The number of anilines is 1. The van der Waals surface area contributed by atoms with Gasteiger partial charge in [-0.2, -0.15) is 0 Å². The molecule has 3 nitrogen and oxygen atoms in total. The number of halogens is 1. The van der Waals surface area contributed by atoms with E-state index in [0.717, 1.165) is 27.0 Å². The van der Waals surface area contributed by atoms with E-state index in [4.69, 9.17) is 0 Å². The van der Waals surface area contributed by atoms with Crippen LogP contribution in [0.4, 0.5) is 5.82 Å². The first-order valence-corrected chi connectivity index (χ1v) is 6.74. The molecule has 1 aromatic heterocycles. The first kappa shape index (κ1) is 12.8. The molecule has 15 heavy (non-hydrogen) atoms. The van der Waals surface area contributed by atoms with Crippen LogP contribution in [0.2, 0.25) is 0 Å². The van der Waals surface area contributed by atoms with Crippen molar-refractivity contribution in [1.29, 1.82) is 0 Å². The minimum atomic E-state index is 0.738. The molecular formula is C10H16BrN3S. The van der Waals surface area contributed by atoms with Gasteiger partial charge in [-0.15, -0.1) is 11.8 Å². The second-order valence-electron chi connectivity index (χ2n) is 3.62. The zero-order valence-corrected chi connectivity index (χ0v) is 11.7. The maximum atomic E-state index is 4.25. The van der Waals surface area contributed by atoms with Gasteiger partial charge >= 0.3 is 0 Å². The maximum Gasteiger partial charge on any atom is 0.144 e. The van der Waals surface area contributed by atoms with Gasteiger partial charge in [-0.05, 0) is 34.0 Å². The van der Waals surface area contributed by atoms with E-state index in [0.29, 0.717) is 0 Å². The van der Waals surface area contributed by atoms with Crippen LogP contribution in [0.25, 0.3) is 0 Å². The van der Waals surface area contributed by atoms with Crippen LogP contribution in [0, 0.1) is 5.92 Å². The van der Waals surface area contributed by atoms with E-state index >= 15 is 0 Å². The average Bonchev–Trinajstić information content (AvgIpc) is 2.20. The Morgan fingerprint density at radius 3 is 2.80 bits per heavy atom. The van der Waals surface area contributed by atoms with E-state index in [9.17, 15) is 0 Å². The van der Waals surface area contributed by atoms with Gasteiger partial charge in [0, 0.05) is 7.05 Å². The van der Waals surface area contributed by atoms with Gasteiger partial charge in [-0.1, -0.05) is 13.8 Å². The van der Waals surface area contributed by atoms with Gasteiger partial charge in [0.1, 0.15) is 17.2 Å². The molecule has 0 saturated heterocycles. The average molecular weight is 290 g/mol. The molecule has 0 aliphatic heterocycles. The number of thioether (sulfide) groups is 1. The molecule has 0 radical (unpaired) electrons. The maximum absolute atomic E-state index is 4.25. The van der Waals surface area contributed by atoms with Crippen LogP contribution < -0.4 is 5.32 Å². The van der Waals surface area contributed by atoms with Gasteiger partial charge in [0.15, 0.2) is 0 Å². The van der Waals surface area contributed by atoms with E-state index < -0.39 is 0 Å². The fourth-order valence-electron chi connectivity index (χ4n) is 1.02. The van der Waals surface area contributed by atoms with Crippen molar-refractivity contribution in [1.82, 2.24) is 9.97 Å². The van der Waals surface area contributed by atoms with Crippen molar-refractivity contribution in [3.05, 3.63) is 10.8 Å². The van der Waals surface area contributed by atoms with Gasteiger partial charge in [0.25, 0.3) is 0 Å². The molecule has 0 spiro atoms. The Kier molecular flexibility index (Phi) is 5.39. The summed E-state index contributed by atoms with van der Waals surface area (Å²) in [4.78, 5) is 8.37. The van der Waals surface area contributed by atoms with Gasteiger partial charge in [-0.3, -0.25) is 0 Å². The standard InChI is InChI=1S/C10H16BrN3S/c1-7(2)4-5-15-10-8(11)9(12-3)13-6-14-10/h6-7H,4-5H2,1-3H3,(H,12,13,14). The Balaban J connectivity index is 2.61. The molecule has 5 heteroatoms. The number of nitrogens with zero attached hydrogens (tertiary/aromatic N) is 2. The van der Waals surface area contributed by atoms with Crippen LogP contribution in [-0.4, -0.2) is 22.8 Å². The normalized spacial score (nSPS) is 10.7. The Morgan fingerprint density at radius 1 is 1.47 bits per heavy atom. The SMILES string of the molecule is CNc1ncnc(SCCC(C)C)c1Br. The molecule has 1 rings (SSSR count). The number of aromatic nitrogens is 2. The van der Waals surface area contributed by atoms with Gasteiger partial charge < -0.3 is 5.32 Å². The molecule has 0 aliphatic rings. The first-order chi connectivity index (χ1) is 7.15. The summed E-state index contributed by atoms with van der Waals surface area (Å²) in [6, 6.07) is 0. The molecule has 0 saturated carbocycles. The van der Waals surface area contributed by atoms with E-state index in [1.807, 2.05) is 7.05 Å². The smallest absolute Gasteiger partial charge is 0.144 e. The molecule has 0 bridgehead atoms. The lowest BCUT2D eigenvalue weighted by Gasteiger charge is -2.07. The molecule has 1 N–H and O–H groups in total. The summed E-state index contributed by atoms with van der Waals surface area (Å²) in [5.41, 5.74) is 0. The minimum absolute atomic E-state index is 0.738. The van der Waals surface area contributed by atoms with Gasteiger partial charge in [0.05, 0.1) is 4.47 Å². The second-order valence-corrected chi connectivity index (χ2v) is 5.50. The highest BCUT2D eigenvalue weighted by molar-refractivity contribution is 9.10. The number of hydrogen-bond donors (Lipinski definition) is 1. The quantitative estimate of drug-likeness (QED) is 0.666. The predicted octanol–water partition coefficient (Wildman–Crippen LogP) is 3.42. The van der Waals surface area contributed by atoms with Gasteiger partial charge in [0.2, 0.25) is 0 Å². The highest BCUT2D eigenvalue weighted by atomic mass is 79.9. The highest BCUT2D eigenvalue weighted by Crippen LogP contribution is 2.30. The summed E-state index contributed by atoms with van der Waals surface area (Å²) in [6.07, 6.45) is 2.80. The molecule has 0 amide bonds. The summed E-state index contributed by atoms with van der Waals surface area (Å²) < 4.78 is 0.959. The molecule has 84 valence electrons. The topological polar surface area (TPSA) is 37.8 Å². The highest BCUT2D eigenvalue weighted by Gasteiger charge is 2.07. The van der Waals surface area contributed by atoms with Crippen LogP contribution in [0.1, 0.15) is 20.3 Å². The number of hydrogen-bond acceptors (Lipinski definition) is 4. The van der Waals surface area contributed by atoms with Crippen LogP contribution in [0.15, 0.2) is 15.8 Å². The zero-order valence-electron chi connectivity index (χ0n) is 9.25. The van der Waals surface area contributed by atoms with E-state index in [2.05, 4.69) is 45.1 Å². The van der Waals surface area contributed by atoms with E-state index in [-0.39, 0.29) is 0 Å². The first-order valence-electron chi connectivity index (χ1n) is 4.96. The molecule has 0 fully saturated rings. The van der Waals surface area contributed by atoms with Crippen molar-refractivity contribution in [2.24, 2.45) is 5.92 Å². The molecule has 0 aliphatic carbocycles. The number of rotatable bonds is 5. The molecular weight excluding hydrogens is 274 g/mol. The summed E-state index contributed by atoms with van der Waals surface area (Å²) in [5, 5.41) is 4.03. The third kappa shape index (κ3) is 3.99. The predicted molar refractivity (Wildman–Crippen MR) is 69.5 cm³/mol. The minimum Gasteiger partial charge on any atom is -0.372 e. The summed E-state index contributed by atoms with van der Waals surface area (Å²) in [7, 11) is 1.86. The third-order valence-electron chi connectivity index (χ3n) is 1.93. The van der Waals surface area contributed by atoms with Crippen molar-refractivity contribution in [2.75, 3.05) is 18.1 Å². The molecule has 1 aromatic rings. The zero-order chi connectivity index (χ0) is 11.3. The summed E-state index contributed by atoms with van der Waals surface area (Å²) in [6.45, 7) is 4.46. The fourth-order valence-corrected chi connectivity index (χ4v) is 2.89. The molecule has 0 unspecified atom stereocenters. The second kappa shape index (κ2) is 6.33. The summed E-state index contributed by atoms with van der Waals surface area (Å²) in [5.74, 6) is 2.68. The number of nitrogens with one attached hydrogen (secondary N) is 1. The Hall–Kier alpha value is -0.290. The summed E-state index contributed by atoms with van der Waals surface area (Å²) >= 11 is 5.27. The Bertz CT molecular complexity index is 318. The van der Waals surface area contributed by atoms with Crippen molar-refractivity contribution in [3.63, 3.8) is 0 Å². The van der Waals surface area contributed by atoms with Crippen LogP contribution in [0.3, 0.4) is 0 Å². The Morgan fingerprint density at radius 2 is 2.20 bits per heavy atom. The van der Waals surface area contributed by atoms with Crippen molar-refractivity contribution >= 4 is 33.5 Å². The lowest BCUT2D eigenvalue weighted by atomic mass is 10.2. The third-order valence-corrected chi connectivity index (χ3v) is 3.96. The largest absolute Gasteiger partial charge is 0.372 e. The fraction of sp³-hybridized carbons (Fsp3) is 0.600. The lowest BCUT2D eigenvalue weighted by molar-refractivity contribution is 0.632. The molecule has 0 aromatic carbocycles. The van der Waals surface area contributed by atoms with Crippen LogP contribution in [0.5, 0.6) is 0 Å². The van der Waals surface area contributed by atoms with Crippen LogP contribution >= 0.6 is 27.7 Å². The van der Waals surface area contributed by atoms with Crippen molar-refractivity contribution in [2.45, 2.75) is 25.3 Å². The van der Waals surface area contributed by atoms with E-state index in [1.165, 1.54) is 6.42 Å². The molecule has 1 heterocycles.